The first-order valence-electron chi connectivity index (χ1n) is 9.71. The number of ether oxygens (including phenoxy) is 2. The summed E-state index contributed by atoms with van der Waals surface area (Å²) in [4.78, 5) is 32.5. The molecule has 27 heavy (non-hydrogen) atoms. The summed E-state index contributed by atoms with van der Waals surface area (Å²) in [6.07, 6.45) is -0.328. The lowest BCUT2D eigenvalue weighted by atomic mass is 9.99. The number of amides is 1. The molecule has 1 fully saturated rings. The standard InChI is InChI=1S/C19H36N4O4/c1-8-20-17(23-12-14(3)15(13-23)16(24)26-7)21-10-11-22(9-2)18(25)27-19(4,5)6/h14-15H,8-13H2,1-7H3,(H,20,21). The van der Waals surface area contributed by atoms with Gasteiger partial charge in [0.15, 0.2) is 5.96 Å². The van der Waals surface area contributed by atoms with Gasteiger partial charge in [-0.1, -0.05) is 6.92 Å². The van der Waals surface area contributed by atoms with Crippen LogP contribution in [-0.4, -0.2) is 79.8 Å². The van der Waals surface area contributed by atoms with E-state index in [0.29, 0.717) is 26.2 Å². The number of methoxy groups -OCH3 is 1. The Morgan fingerprint density at radius 1 is 1.26 bits per heavy atom. The van der Waals surface area contributed by atoms with Crippen molar-refractivity contribution in [3.8, 4) is 0 Å². The zero-order chi connectivity index (χ0) is 20.6. The summed E-state index contributed by atoms with van der Waals surface area (Å²) in [7, 11) is 1.42. The molecule has 1 N–H and O–H groups in total. The number of nitrogens with zero attached hydrogens (tertiary/aromatic N) is 3. The Balaban J connectivity index is 2.71. The number of aliphatic imine (C=N–C) groups is 1. The molecular weight excluding hydrogens is 348 g/mol. The second kappa shape index (κ2) is 10.4. The molecular formula is C19H36N4O4. The highest BCUT2D eigenvalue weighted by Gasteiger charge is 2.36. The van der Waals surface area contributed by atoms with Crippen molar-refractivity contribution in [1.29, 1.82) is 0 Å². The third kappa shape index (κ3) is 7.27. The first kappa shape index (κ1) is 23.0. The number of carbonyl (C=O) groups excluding carboxylic acids is 2. The van der Waals surface area contributed by atoms with Gasteiger partial charge in [-0.25, -0.2) is 4.79 Å². The molecule has 1 amide bonds. The number of guanidine groups is 1. The number of nitrogens with one attached hydrogen (secondary N) is 1. The van der Waals surface area contributed by atoms with Crippen LogP contribution in [0.1, 0.15) is 41.5 Å². The molecule has 0 saturated carbocycles. The minimum absolute atomic E-state index is 0.146. The highest BCUT2D eigenvalue weighted by molar-refractivity contribution is 5.82. The van der Waals surface area contributed by atoms with Crippen molar-refractivity contribution in [2.45, 2.75) is 47.1 Å². The third-order valence-corrected chi connectivity index (χ3v) is 4.42. The number of carbonyl (C=O) groups is 2. The van der Waals surface area contributed by atoms with Gasteiger partial charge in [-0.15, -0.1) is 0 Å². The molecule has 0 bridgehead atoms. The van der Waals surface area contributed by atoms with Crippen LogP contribution in [0, 0.1) is 11.8 Å². The Hall–Kier alpha value is -1.99. The molecule has 0 spiro atoms. The van der Waals surface area contributed by atoms with Gasteiger partial charge in [0.05, 0.1) is 19.6 Å². The number of hydrogen-bond acceptors (Lipinski definition) is 5. The molecule has 0 aromatic carbocycles. The molecule has 8 heteroatoms. The van der Waals surface area contributed by atoms with E-state index in [1.807, 2.05) is 41.5 Å². The van der Waals surface area contributed by atoms with E-state index in [9.17, 15) is 9.59 Å². The molecule has 0 aliphatic carbocycles. The summed E-state index contributed by atoms with van der Waals surface area (Å²) in [6.45, 7) is 15.1. The van der Waals surface area contributed by atoms with E-state index in [-0.39, 0.29) is 23.9 Å². The Kier molecular flexibility index (Phi) is 8.85. The molecule has 1 aliphatic rings. The fraction of sp³-hybridized carbons (Fsp3) is 0.842. The molecule has 1 rings (SSSR count). The summed E-state index contributed by atoms with van der Waals surface area (Å²) in [5.41, 5.74) is -0.517. The quantitative estimate of drug-likeness (QED) is 0.428. The molecule has 156 valence electrons. The normalized spacial score (nSPS) is 20.4. The monoisotopic (exact) mass is 384 g/mol. The third-order valence-electron chi connectivity index (χ3n) is 4.42. The van der Waals surface area contributed by atoms with Gasteiger partial charge in [0.2, 0.25) is 0 Å². The first-order valence-corrected chi connectivity index (χ1v) is 9.71. The Labute approximate surface area is 163 Å². The number of esters is 1. The molecule has 0 radical (unpaired) electrons. The average Bonchev–Trinajstić information content (AvgIpc) is 2.97. The van der Waals surface area contributed by atoms with E-state index in [1.165, 1.54) is 7.11 Å². The first-order chi connectivity index (χ1) is 12.6. The van der Waals surface area contributed by atoms with Crippen LogP contribution in [0.2, 0.25) is 0 Å². The van der Waals surface area contributed by atoms with Crippen LogP contribution in [0.4, 0.5) is 4.79 Å². The SMILES string of the molecule is CCNC(=NCCN(CC)C(=O)OC(C)(C)C)N1CC(C)C(C(=O)OC)C1. The maximum atomic E-state index is 12.2. The summed E-state index contributed by atoms with van der Waals surface area (Å²) in [5.74, 6) is 0.641. The van der Waals surface area contributed by atoms with E-state index in [2.05, 4.69) is 15.2 Å². The fourth-order valence-corrected chi connectivity index (χ4v) is 3.01. The lowest BCUT2D eigenvalue weighted by Gasteiger charge is -2.26. The van der Waals surface area contributed by atoms with Gasteiger partial charge >= 0.3 is 12.1 Å². The smallest absolute Gasteiger partial charge is 0.410 e. The topological polar surface area (TPSA) is 83.5 Å². The predicted molar refractivity (Wildman–Crippen MR) is 106 cm³/mol. The Bertz CT molecular complexity index is 530. The van der Waals surface area contributed by atoms with Crippen molar-refractivity contribution >= 4 is 18.0 Å². The number of hydrogen-bond donors (Lipinski definition) is 1. The second-order valence-corrected chi connectivity index (χ2v) is 7.81. The van der Waals surface area contributed by atoms with Crippen LogP contribution in [0.5, 0.6) is 0 Å². The van der Waals surface area contributed by atoms with Crippen LogP contribution in [0.25, 0.3) is 0 Å². The van der Waals surface area contributed by atoms with Gasteiger partial charge < -0.3 is 24.6 Å². The van der Waals surface area contributed by atoms with E-state index in [0.717, 1.165) is 19.0 Å². The van der Waals surface area contributed by atoms with Crippen molar-refractivity contribution in [1.82, 2.24) is 15.1 Å². The number of likely N-dealkylation sites (tertiary alicyclic amines) is 1. The van der Waals surface area contributed by atoms with Crippen molar-refractivity contribution in [3.05, 3.63) is 0 Å². The molecule has 2 unspecified atom stereocenters. The van der Waals surface area contributed by atoms with Gasteiger partial charge in [-0.3, -0.25) is 9.79 Å². The minimum Gasteiger partial charge on any atom is -0.469 e. The van der Waals surface area contributed by atoms with Crippen LogP contribution >= 0.6 is 0 Å². The average molecular weight is 385 g/mol. The van der Waals surface area contributed by atoms with Gasteiger partial charge in [0.1, 0.15) is 5.60 Å². The Morgan fingerprint density at radius 2 is 1.93 bits per heavy atom. The van der Waals surface area contributed by atoms with Gasteiger partial charge in [0.25, 0.3) is 0 Å². The Morgan fingerprint density at radius 3 is 2.44 bits per heavy atom. The van der Waals surface area contributed by atoms with Crippen molar-refractivity contribution in [2.75, 3.05) is 46.4 Å². The minimum atomic E-state index is -0.517. The largest absolute Gasteiger partial charge is 0.469 e. The summed E-state index contributed by atoms with van der Waals surface area (Å²) < 4.78 is 10.3. The highest BCUT2D eigenvalue weighted by Crippen LogP contribution is 2.24. The molecule has 0 aromatic rings. The maximum absolute atomic E-state index is 12.2. The highest BCUT2D eigenvalue weighted by atomic mass is 16.6. The fourth-order valence-electron chi connectivity index (χ4n) is 3.01. The molecule has 0 aromatic heterocycles. The van der Waals surface area contributed by atoms with Crippen LogP contribution < -0.4 is 5.32 Å². The van der Waals surface area contributed by atoms with E-state index >= 15 is 0 Å². The molecule has 2 atom stereocenters. The van der Waals surface area contributed by atoms with E-state index in [1.54, 1.807) is 4.90 Å². The van der Waals surface area contributed by atoms with Gasteiger partial charge in [0, 0.05) is 32.7 Å². The summed E-state index contributed by atoms with van der Waals surface area (Å²) >= 11 is 0. The van der Waals surface area contributed by atoms with Gasteiger partial charge in [-0.2, -0.15) is 0 Å². The second-order valence-electron chi connectivity index (χ2n) is 7.81. The summed E-state index contributed by atoms with van der Waals surface area (Å²) in [6, 6.07) is 0. The van der Waals surface area contributed by atoms with Crippen LogP contribution in [0.3, 0.4) is 0 Å². The number of likely N-dealkylation sites (N-methyl/N-ethyl adjacent to an activating group) is 1. The predicted octanol–water partition coefficient (Wildman–Crippen LogP) is 1.95. The molecule has 1 saturated heterocycles. The lowest BCUT2D eigenvalue weighted by Crippen LogP contribution is -2.42. The lowest BCUT2D eigenvalue weighted by molar-refractivity contribution is -0.145. The van der Waals surface area contributed by atoms with Gasteiger partial charge in [-0.05, 0) is 40.5 Å². The van der Waals surface area contributed by atoms with E-state index < -0.39 is 5.60 Å². The molecule has 1 heterocycles. The van der Waals surface area contributed by atoms with Crippen LogP contribution in [-0.2, 0) is 14.3 Å². The maximum Gasteiger partial charge on any atom is 0.410 e. The molecule has 1 aliphatic heterocycles. The van der Waals surface area contributed by atoms with Crippen LogP contribution in [0.15, 0.2) is 4.99 Å². The zero-order valence-corrected chi connectivity index (χ0v) is 17.9. The van der Waals surface area contributed by atoms with Crippen molar-refractivity contribution < 1.29 is 19.1 Å². The summed E-state index contributed by atoms with van der Waals surface area (Å²) in [5, 5.41) is 3.27. The van der Waals surface area contributed by atoms with Crippen molar-refractivity contribution in [3.63, 3.8) is 0 Å². The molecule has 8 nitrogen and oxygen atoms in total. The van der Waals surface area contributed by atoms with Crippen molar-refractivity contribution in [2.24, 2.45) is 16.8 Å². The van der Waals surface area contributed by atoms with E-state index in [4.69, 9.17) is 9.47 Å². The number of rotatable bonds is 6. The zero-order valence-electron chi connectivity index (χ0n) is 17.9.